The first kappa shape index (κ1) is 15.1. The highest BCUT2D eigenvalue weighted by Gasteiger charge is 2.18. The molecule has 6 heteroatoms. The number of carbonyl (C=O) groups is 2. The van der Waals surface area contributed by atoms with E-state index in [1.807, 2.05) is 0 Å². The van der Waals surface area contributed by atoms with Gasteiger partial charge in [-0.15, -0.1) is 0 Å². The fourth-order valence-electron chi connectivity index (χ4n) is 1.78. The molecule has 110 valence electrons. The Morgan fingerprint density at radius 1 is 1.14 bits per heavy atom. The van der Waals surface area contributed by atoms with Crippen molar-refractivity contribution in [1.82, 2.24) is 10.6 Å². The van der Waals surface area contributed by atoms with Gasteiger partial charge in [0.25, 0.3) is 5.91 Å². The second-order valence-electron chi connectivity index (χ2n) is 4.48. The monoisotopic (exact) mass is 306 g/mol. The number of halogens is 1. The predicted octanol–water partition coefficient (Wildman–Crippen LogP) is 2.46. The van der Waals surface area contributed by atoms with Crippen molar-refractivity contribution in [2.45, 2.75) is 13.0 Å². The molecule has 21 heavy (non-hydrogen) atoms. The molecule has 1 unspecified atom stereocenters. The van der Waals surface area contributed by atoms with Crippen molar-refractivity contribution >= 4 is 23.4 Å². The molecule has 2 rings (SSSR count). The quantitative estimate of drug-likeness (QED) is 0.911. The number of furan rings is 1. The summed E-state index contributed by atoms with van der Waals surface area (Å²) < 4.78 is 5.50. The molecule has 1 aromatic carbocycles. The Bertz CT molecular complexity index is 649. The number of likely N-dealkylation sites (N-methyl/N-ethyl adjacent to an activating group) is 1. The zero-order valence-corrected chi connectivity index (χ0v) is 12.4. The smallest absolute Gasteiger partial charge is 0.287 e. The molecular weight excluding hydrogens is 292 g/mol. The van der Waals surface area contributed by atoms with Crippen molar-refractivity contribution in [3.63, 3.8) is 0 Å². The summed E-state index contributed by atoms with van der Waals surface area (Å²) in [5, 5.41) is 5.64. The van der Waals surface area contributed by atoms with Gasteiger partial charge in [0.15, 0.2) is 5.76 Å². The first-order valence-electron chi connectivity index (χ1n) is 6.39. The van der Waals surface area contributed by atoms with Gasteiger partial charge >= 0.3 is 0 Å². The third-order valence-electron chi connectivity index (χ3n) is 2.95. The molecule has 1 heterocycles. The van der Waals surface area contributed by atoms with Gasteiger partial charge in [-0.3, -0.25) is 9.59 Å². The van der Waals surface area contributed by atoms with Crippen LogP contribution in [-0.2, 0) is 4.79 Å². The van der Waals surface area contributed by atoms with Crippen LogP contribution in [-0.4, -0.2) is 24.9 Å². The first-order chi connectivity index (χ1) is 10.0. The van der Waals surface area contributed by atoms with Gasteiger partial charge in [-0.1, -0.05) is 11.6 Å². The number of hydrogen-bond acceptors (Lipinski definition) is 3. The number of carbonyl (C=O) groups excluding carboxylic acids is 2. The van der Waals surface area contributed by atoms with Gasteiger partial charge in [-0.2, -0.15) is 0 Å². The molecule has 0 bridgehead atoms. The van der Waals surface area contributed by atoms with Crippen LogP contribution in [0.2, 0.25) is 5.02 Å². The lowest BCUT2D eigenvalue weighted by molar-refractivity contribution is -0.122. The Morgan fingerprint density at radius 3 is 2.43 bits per heavy atom. The minimum Gasteiger partial charge on any atom is -0.451 e. The molecule has 0 aliphatic heterocycles. The molecule has 1 atom stereocenters. The molecule has 0 aliphatic rings. The summed E-state index contributed by atoms with van der Waals surface area (Å²) in [6.45, 7) is 1.60. The van der Waals surface area contributed by atoms with Crippen molar-refractivity contribution in [3.8, 4) is 11.3 Å². The van der Waals surface area contributed by atoms with E-state index in [0.29, 0.717) is 10.8 Å². The van der Waals surface area contributed by atoms with Gasteiger partial charge in [-0.05, 0) is 43.3 Å². The molecular formula is C15H15ClN2O3. The van der Waals surface area contributed by atoms with E-state index in [1.165, 1.54) is 7.05 Å². The van der Waals surface area contributed by atoms with E-state index in [9.17, 15) is 9.59 Å². The molecule has 0 saturated heterocycles. The third kappa shape index (κ3) is 3.64. The van der Waals surface area contributed by atoms with Gasteiger partial charge < -0.3 is 15.1 Å². The summed E-state index contributed by atoms with van der Waals surface area (Å²) in [7, 11) is 1.51. The highest BCUT2D eigenvalue weighted by atomic mass is 35.5. The van der Waals surface area contributed by atoms with Crippen LogP contribution in [0.5, 0.6) is 0 Å². The van der Waals surface area contributed by atoms with E-state index in [2.05, 4.69) is 10.6 Å². The number of amides is 2. The lowest BCUT2D eigenvalue weighted by Gasteiger charge is -2.10. The highest BCUT2D eigenvalue weighted by molar-refractivity contribution is 6.30. The number of benzene rings is 1. The van der Waals surface area contributed by atoms with E-state index >= 15 is 0 Å². The van der Waals surface area contributed by atoms with Crippen molar-refractivity contribution < 1.29 is 14.0 Å². The van der Waals surface area contributed by atoms with Crippen LogP contribution in [0.3, 0.4) is 0 Å². The van der Waals surface area contributed by atoms with Crippen molar-refractivity contribution in [2.24, 2.45) is 0 Å². The standard InChI is InChI=1S/C15H15ClN2O3/c1-9(14(19)17-2)18-15(20)13-8-7-12(21-13)10-3-5-11(16)6-4-10/h3-9H,1-2H3,(H,17,19)(H,18,20). The Morgan fingerprint density at radius 2 is 1.81 bits per heavy atom. The first-order valence-corrected chi connectivity index (χ1v) is 6.77. The van der Waals surface area contributed by atoms with Crippen LogP contribution in [0, 0.1) is 0 Å². The largest absolute Gasteiger partial charge is 0.451 e. The van der Waals surface area contributed by atoms with Crippen LogP contribution in [0.25, 0.3) is 11.3 Å². The van der Waals surface area contributed by atoms with Gasteiger partial charge in [0, 0.05) is 17.6 Å². The molecule has 5 nitrogen and oxygen atoms in total. The lowest BCUT2D eigenvalue weighted by Crippen LogP contribution is -2.43. The van der Waals surface area contributed by atoms with Crippen LogP contribution in [0.1, 0.15) is 17.5 Å². The number of hydrogen-bond donors (Lipinski definition) is 2. The van der Waals surface area contributed by atoms with Gasteiger partial charge in [0.2, 0.25) is 5.91 Å². The van der Waals surface area contributed by atoms with Crippen LogP contribution >= 0.6 is 11.6 Å². The van der Waals surface area contributed by atoms with Crippen molar-refractivity contribution in [1.29, 1.82) is 0 Å². The number of rotatable bonds is 4. The minimum atomic E-state index is -0.633. The van der Waals surface area contributed by atoms with Gasteiger partial charge in [0.1, 0.15) is 11.8 Å². The Hall–Kier alpha value is -2.27. The maximum absolute atomic E-state index is 12.0. The molecule has 0 spiro atoms. The van der Waals surface area contributed by atoms with E-state index in [0.717, 1.165) is 5.56 Å². The summed E-state index contributed by atoms with van der Waals surface area (Å²) in [5.74, 6) is -0.000685. The average Bonchev–Trinajstić information content (AvgIpc) is 2.97. The molecule has 2 N–H and O–H groups in total. The lowest BCUT2D eigenvalue weighted by atomic mass is 10.2. The maximum atomic E-state index is 12.0. The maximum Gasteiger partial charge on any atom is 0.287 e. The summed E-state index contributed by atoms with van der Waals surface area (Å²) in [5.41, 5.74) is 0.817. The van der Waals surface area contributed by atoms with E-state index in [4.69, 9.17) is 16.0 Å². The molecule has 2 amide bonds. The van der Waals surface area contributed by atoms with Crippen LogP contribution < -0.4 is 10.6 Å². The molecule has 0 aliphatic carbocycles. The van der Waals surface area contributed by atoms with Crippen molar-refractivity contribution in [3.05, 3.63) is 47.2 Å². The Balaban J connectivity index is 2.10. The molecule has 2 aromatic rings. The van der Waals surface area contributed by atoms with Gasteiger partial charge in [-0.25, -0.2) is 0 Å². The summed E-state index contributed by atoms with van der Waals surface area (Å²) in [6.07, 6.45) is 0. The van der Waals surface area contributed by atoms with Gasteiger partial charge in [0.05, 0.1) is 0 Å². The fourth-order valence-corrected chi connectivity index (χ4v) is 1.91. The third-order valence-corrected chi connectivity index (χ3v) is 3.20. The van der Waals surface area contributed by atoms with E-state index in [1.54, 1.807) is 43.3 Å². The van der Waals surface area contributed by atoms with Crippen molar-refractivity contribution in [2.75, 3.05) is 7.05 Å². The number of nitrogens with one attached hydrogen (secondary N) is 2. The van der Waals surface area contributed by atoms with E-state index < -0.39 is 11.9 Å². The fraction of sp³-hybridized carbons (Fsp3) is 0.200. The van der Waals surface area contributed by atoms with Crippen LogP contribution in [0.4, 0.5) is 0 Å². The minimum absolute atomic E-state index is 0.149. The van der Waals surface area contributed by atoms with Crippen LogP contribution in [0.15, 0.2) is 40.8 Å². The highest BCUT2D eigenvalue weighted by Crippen LogP contribution is 2.23. The zero-order valence-electron chi connectivity index (χ0n) is 11.6. The second-order valence-corrected chi connectivity index (χ2v) is 4.92. The molecule has 0 radical (unpaired) electrons. The average molecular weight is 307 g/mol. The molecule has 0 saturated carbocycles. The normalized spacial score (nSPS) is 11.8. The molecule has 0 fully saturated rings. The topological polar surface area (TPSA) is 71.3 Å². The summed E-state index contributed by atoms with van der Waals surface area (Å²) in [4.78, 5) is 23.3. The zero-order chi connectivity index (χ0) is 15.4. The van der Waals surface area contributed by atoms with E-state index in [-0.39, 0.29) is 11.7 Å². The molecule has 1 aromatic heterocycles. The summed E-state index contributed by atoms with van der Waals surface area (Å²) >= 11 is 5.82. The Labute approximate surface area is 127 Å². The Kier molecular flexibility index (Phi) is 4.65. The summed E-state index contributed by atoms with van der Waals surface area (Å²) in [6, 6.07) is 9.72. The SMILES string of the molecule is CNC(=O)C(C)NC(=O)c1ccc(-c2ccc(Cl)cc2)o1. The predicted molar refractivity (Wildman–Crippen MR) is 80.1 cm³/mol. The second kappa shape index (κ2) is 6.45.